The summed E-state index contributed by atoms with van der Waals surface area (Å²) in [7, 11) is 0. The summed E-state index contributed by atoms with van der Waals surface area (Å²) < 4.78 is 12.9. The maximum atomic E-state index is 12.9. The SMILES string of the molecule is C=CCN(CCc1c(C)[nH]c2ccccc12)C(C)CF. The molecule has 1 heterocycles. The minimum Gasteiger partial charge on any atom is -0.358 e. The summed E-state index contributed by atoms with van der Waals surface area (Å²) in [6, 6.07) is 8.28. The van der Waals surface area contributed by atoms with E-state index in [1.165, 1.54) is 22.2 Å². The molecule has 2 aromatic rings. The number of nitrogens with one attached hydrogen (secondary N) is 1. The topological polar surface area (TPSA) is 19.0 Å². The Labute approximate surface area is 120 Å². The summed E-state index contributed by atoms with van der Waals surface area (Å²) in [5.74, 6) is 0. The molecule has 0 amide bonds. The minimum absolute atomic E-state index is 0.0569. The number of hydrogen-bond donors (Lipinski definition) is 1. The molecule has 0 aliphatic rings. The van der Waals surface area contributed by atoms with Crippen molar-refractivity contribution in [3.63, 3.8) is 0 Å². The Balaban J connectivity index is 2.15. The Morgan fingerprint density at radius 1 is 1.40 bits per heavy atom. The van der Waals surface area contributed by atoms with Crippen LogP contribution in [0.2, 0.25) is 0 Å². The van der Waals surface area contributed by atoms with E-state index in [1.54, 1.807) is 0 Å². The van der Waals surface area contributed by atoms with E-state index in [4.69, 9.17) is 0 Å². The van der Waals surface area contributed by atoms with E-state index >= 15 is 0 Å². The zero-order chi connectivity index (χ0) is 14.5. The molecule has 0 fully saturated rings. The molecule has 1 aromatic carbocycles. The molecule has 2 rings (SSSR count). The number of aryl methyl sites for hydroxylation is 1. The van der Waals surface area contributed by atoms with E-state index in [1.807, 2.05) is 19.1 Å². The third kappa shape index (κ3) is 3.10. The van der Waals surface area contributed by atoms with Crippen LogP contribution in [0.25, 0.3) is 10.9 Å². The quantitative estimate of drug-likeness (QED) is 0.759. The van der Waals surface area contributed by atoms with Crippen LogP contribution < -0.4 is 0 Å². The summed E-state index contributed by atoms with van der Waals surface area (Å²) >= 11 is 0. The molecule has 0 radical (unpaired) electrons. The van der Waals surface area contributed by atoms with Crippen molar-refractivity contribution in [2.45, 2.75) is 26.3 Å². The Morgan fingerprint density at radius 2 is 2.15 bits per heavy atom. The number of alkyl halides is 1. The number of rotatable bonds is 7. The lowest BCUT2D eigenvalue weighted by molar-refractivity contribution is 0.198. The van der Waals surface area contributed by atoms with Crippen LogP contribution in [0.4, 0.5) is 4.39 Å². The van der Waals surface area contributed by atoms with Gasteiger partial charge in [-0.15, -0.1) is 6.58 Å². The standard InChI is InChI=1S/C17H23FN2/c1-4-10-20(13(2)12-18)11-9-15-14(3)19-17-8-6-5-7-16(15)17/h4-8,13,19H,1,9-12H2,2-3H3. The molecule has 20 heavy (non-hydrogen) atoms. The molecule has 3 heteroatoms. The van der Waals surface area contributed by atoms with Crippen LogP contribution in [0, 0.1) is 6.92 Å². The average molecular weight is 274 g/mol. The number of aromatic amines is 1. The fourth-order valence-corrected chi connectivity index (χ4v) is 2.67. The second-order valence-corrected chi connectivity index (χ2v) is 5.31. The maximum absolute atomic E-state index is 12.9. The van der Waals surface area contributed by atoms with Crippen LogP contribution in [-0.2, 0) is 6.42 Å². The Kier molecular flexibility index (Phi) is 4.96. The fourth-order valence-electron chi connectivity index (χ4n) is 2.67. The summed E-state index contributed by atoms with van der Waals surface area (Å²) in [6.45, 7) is 9.04. The van der Waals surface area contributed by atoms with Crippen LogP contribution in [0.15, 0.2) is 36.9 Å². The first-order valence-electron chi connectivity index (χ1n) is 7.14. The van der Waals surface area contributed by atoms with E-state index in [9.17, 15) is 4.39 Å². The molecule has 2 nitrogen and oxygen atoms in total. The normalized spacial score (nSPS) is 13.0. The predicted molar refractivity (Wildman–Crippen MR) is 83.9 cm³/mol. The number of H-pyrrole nitrogens is 1. The van der Waals surface area contributed by atoms with Gasteiger partial charge in [-0.3, -0.25) is 4.90 Å². The van der Waals surface area contributed by atoms with Crippen molar-refractivity contribution in [2.75, 3.05) is 19.8 Å². The molecule has 0 aliphatic carbocycles. The molecule has 108 valence electrons. The predicted octanol–water partition coefficient (Wildman–Crippen LogP) is 3.86. The zero-order valence-corrected chi connectivity index (χ0v) is 12.3. The van der Waals surface area contributed by atoms with Crippen molar-refractivity contribution >= 4 is 10.9 Å². The van der Waals surface area contributed by atoms with Crippen LogP contribution in [-0.4, -0.2) is 35.7 Å². The number of para-hydroxylation sites is 1. The van der Waals surface area contributed by atoms with Crippen molar-refractivity contribution in [3.8, 4) is 0 Å². The maximum Gasteiger partial charge on any atom is 0.105 e. The average Bonchev–Trinajstić information content (AvgIpc) is 2.78. The highest BCUT2D eigenvalue weighted by Crippen LogP contribution is 2.22. The zero-order valence-electron chi connectivity index (χ0n) is 12.3. The summed E-state index contributed by atoms with van der Waals surface area (Å²) in [5, 5.41) is 1.27. The van der Waals surface area contributed by atoms with Gasteiger partial charge in [0.05, 0.1) is 0 Å². The molecule has 0 saturated carbocycles. The Hall–Kier alpha value is -1.61. The number of halogens is 1. The highest BCUT2D eigenvalue weighted by Gasteiger charge is 2.14. The number of aromatic nitrogens is 1. The van der Waals surface area contributed by atoms with Crippen molar-refractivity contribution in [1.29, 1.82) is 0 Å². The van der Waals surface area contributed by atoms with Gasteiger partial charge in [-0.2, -0.15) is 0 Å². The van der Waals surface area contributed by atoms with Crippen LogP contribution in [0.1, 0.15) is 18.2 Å². The van der Waals surface area contributed by atoms with Gasteiger partial charge < -0.3 is 4.98 Å². The molecular formula is C17H23FN2. The molecule has 0 spiro atoms. The lowest BCUT2D eigenvalue weighted by Gasteiger charge is -2.25. The molecular weight excluding hydrogens is 251 g/mol. The molecule has 1 atom stereocenters. The monoisotopic (exact) mass is 274 g/mol. The second-order valence-electron chi connectivity index (χ2n) is 5.31. The van der Waals surface area contributed by atoms with Crippen LogP contribution in [0.5, 0.6) is 0 Å². The van der Waals surface area contributed by atoms with Gasteiger partial charge in [0.15, 0.2) is 0 Å². The van der Waals surface area contributed by atoms with Gasteiger partial charge in [-0.1, -0.05) is 24.3 Å². The van der Waals surface area contributed by atoms with E-state index in [-0.39, 0.29) is 12.7 Å². The van der Waals surface area contributed by atoms with Gasteiger partial charge in [0.1, 0.15) is 6.67 Å². The summed E-state index contributed by atoms with van der Waals surface area (Å²) in [4.78, 5) is 5.55. The van der Waals surface area contributed by atoms with Gasteiger partial charge in [-0.25, -0.2) is 4.39 Å². The van der Waals surface area contributed by atoms with Crippen molar-refractivity contribution in [3.05, 3.63) is 48.2 Å². The number of hydrogen-bond acceptors (Lipinski definition) is 1. The fraction of sp³-hybridized carbons (Fsp3) is 0.412. The Morgan fingerprint density at radius 3 is 2.85 bits per heavy atom. The number of fused-ring (bicyclic) bond motifs is 1. The first kappa shape index (κ1) is 14.8. The number of nitrogens with zero attached hydrogens (tertiary/aromatic N) is 1. The van der Waals surface area contributed by atoms with Gasteiger partial charge >= 0.3 is 0 Å². The van der Waals surface area contributed by atoms with Crippen LogP contribution >= 0.6 is 0 Å². The molecule has 0 bridgehead atoms. The van der Waals surface area contributed by atoms with Crippen LogP contribution in [0.3, 0.4) is 0 Å². The van der Waals surface area contributed by atoms with E-state index in [2.05, 4.69) is 41.6 Å². The first-order valence-corrected chi connectivity index (χ1v) is 7.14. The van der Waals surface area contributed by atoms with E-state index in [0.717, 1.165) is 19.5 Å². The number of benzene rings is 1. The summed E-state index contributed by atoms with van der Waals surface area (Å²) in [5.41, 5.74) is 3.71. The van der Waals surface area contributed by atoms with Crippen molar-refractivity contribution < 1.29 is 4.39 Å². The molecule has 0 saturated heterocycles. The van der Waals surface area contributed by atoms with Crippen molar-refractivity contribution in [1.82, 2.24) is 9.88 Å². The summed E-state index contributed by atoms with van der Waals surface area (Å²) in [6.07, 6.45) is 2.77. The molecule has 0 aliphatic heterocycles. The van der Waals surface area contributed by atoms with E-state index < -0.39 is 0 Å². The molecule has 1 N–H and O–H groups in total. The highest BCUT2D eigenvalue weighted by atomic mass is 19.1. The smallest absolute Gasteiger partial charge is 0.105 e. The second kappa shape index (κ2) is 6.71. The largest absolute Gasteiger partial charge is 0.358 e. The van der Waals surface area contributed by atoms with Gasteiger partial charge in [-0.05, 0) is 31.9 Å². The molecule has 1 aromatic heterocycles. The minimum atomic E-state index is -0.319. The molecule has 1 unspecified atom stereocenters. The Bertz CT molecular complexity index is 573. The van der Waals surface area contributed by atoms with Gasteiger partial charge in [0, 0.05) is 35.7 Å². The van der Waals surface area contributed by atoms with E-state index in [0.29, 0.717) is 0 Å². The van der Waals surface area contributed by atoms with Gasteiger partial charge in [0.2, 0.25) is 0 Å². The first-order chi connectivity index (χ1) is 9.67. The van der Waals surface area contributed by atoms with Crippen molar-refractivity contribution in [2.24, 2.45) is 0 Å². The lowest BCUT2D eigenvalue weighted by atomic mass is 10.1. The van der Waals surface area contributed by atoms with Gasteiger partial charge in [0.25, 0.3) is 0 Å². The lowest BCUT2D eigenvalue weighted by Crippen LogP contribution is -2.36. The third-order valence-corrected chi connectivity index (χ3v) is 3.89. The third-order valence-electron chi connectivity index (χ3n) is 3.89. The highest BCUT2D eigenvalue weighted by molar-refractivity contribution is 5.84.